The molecule has 0 atom stereocenters. The van der Waals surface area contributed by atoms with Crippen molar-refractivity contribution in [2.45, 2.75) is 6.42 Å². The molecule has 1 heterocycles. The van der Waals surface area contributed by atoms with E-state index in [1.807, 2.05) is 36.4 Å². The molecule has 0 unspecified atom stereocenters. The molecule has 0 aliphatic heterocycles. The zero-order valence-electron chi connectivity index (χ0n) is 12.3. The Hall–Kier alpha value is -3.15. The van der Waals surface area contributed by atoms with Gasteiger partial charge in [0.1, 0.15) is 11.0 Å². The second kappa shape index (κ2) is 6.31. The van der Waals surface area contributed by atoms with Gasteiger partial charge in [-0.1, -0.05) is 43.0 Å². The molecule has 0 bridgehead atoms. The van der Waals surface area contributed by atoms with Crippen LogP contribution in [0.4, 0.5) is 0 Å². The Morgan fingerprint density at radius 3 is 2.91 bits per heavy atom. The quantitative estimate of drug-likeness (QED) is 0.445. The van der Waals surface area contributed by atoms with Gasteiger partial charge >= 0.3 is 5.97 Å². The van der Waals surface area contributed by atoms with E-state index in [-0.39, 0.29) is 0 Å². The fraction of sp³-hybridized carbons (Fsp3) is 0.118. The molecule has 0 saturated carbocycles. The highest BCUT2D eigenvalue weighted by Crippen LogP contribution is 2.27. The molecular weight excluding hydrogens is 294 g/mol. The highest BCUT2D eigenvalue weighted by Gasteiger charge is 2.09. The average Bonchev–Trinajstić information content (AvgIpc) is 2.95. The highest BCUT2D eigenvalue weighted by molar-refractivity contribution is 5.91. The molecule has 6 nitrogen and oxygen atoms in total. The maximum Gasteiger partial charge on any atom is 0.330 e. The molecule has 0 aliphatic rings. The minimum atomic E-state index is -0.425. The first-order chi connectivity index (χ1) is 11.2. The van der Waals surface area contributed by atoms with Crippen LogP contribution in [0, 0.1) is 0 Å². The summed E-state index contributed by atoms with van der Waals surface area (Å²) in [5.74, 6) is -0.425. The maximum atomic E-state index is 11.1. The predicted molar refractivity (Wildman–Crippen MR) is 85.0 cm³/mol. The summed E-state index contributed by atoms with van der Waals surface area (Å²) in [7, 11) is 0. The van der Waals surface area contributed by atoms with Crippen LogP contribution in [0.2, 0.25) is 0 Å². The second-order valence-electron chi connectivity index (χ2n) is 4.96. The second-order valence-corrected chi connectivity index (χ2v) is 4.96. The van der Waals surface area contributed by atoms with Crippen molar-refractivity contribution in [2.75, 3.05) is 6.61 Å². The van der Waals surface area contributed by atoms with Gasteiger partial charge in [0, 0.05) is 18.1 Å². The van der Waals surface area contributed by atoms with E-state index in [0.717, 1.165) is 22.8 Å². The van der Waals surface area contributed by atoms with Crippen molar-refractivity contribution in [3.05, 3.63) is 60.7 Å². The van der Waals surface area contributed by atoms with Crippen LogP contribution < -0.4 is 0 Å². The minimum absolute atomic E-state index is 0.297. The van der Waals surface area contributed by atoms with Crippen molar-refractivity contribution in [2.24, 2.45) is 0 Å². The zero-order valence-corrected chi connectivity index (χ0v) is 12.3. The van der Waals surface area contributed by atoms with Gasteiger partial charge in [0.25, 0.3) is 0 Å². The third kappa shape index (κ3) is 3.21. The van der Waals surface area contributed by atoms with Crippen LogP contribution in [0.25, 0.3) is 22.2 Å². The number of carbonyl (C=O) groups is 1. The Balaban J connectivity index is 1.86. The fourth-order valence-corrected chi connectivity index (χ4v) is 2.38. The lowest BCUT2D eigenvalue weighted by molar-refractivity contribution is -0.137. The molecule has 1 N–H and O–H groups in total. The summed E-state index contributed by atoms with van der Waals surface area (Å²) in [5.41, 5.74) is 4.13. The molecule has 0 amide bonds. The molecule has 0 radical (unpaired) electrons. The van der Waals surface area contributed by atoms with Gasteiger partial charge in [-0.15, -0.1) is 10.2 Å². The van der Waals surface area contributed by atoms with E-state index < -0.39 is 5.97 Å². The molecular formula is C17H15N3O3. The first-order valence-corrected chi connectivity index (χ1v) is 7.11. The number of benzene rings is 2. The molecule has 0 aliphatic carbocycles. The van der Waals surface area contributed by atoms with Crippen molar-refractivity contribution in [3.63, 3.8) is 0 Å². The summed E-state index contributed by atoms with van der Waals surface area (Å²) in [6.45, 7) is 3.66. The standard InChI is InChI=1S/C17H15N3O3/c1-2-16(21)23-10-9-12-5-3-6-13(11-12)14-7-4-8-15-17(14)19-20(22)18-15/h2-8,11,22H,1,9-10H2. The predicted octanol–water partition coefficient (Wildman–Crippen LogP) is 2.61. The number of ether oxygens (including phenoxy) is 1. The smallest absolute Gasteiger partial charge is 0.330 e. The zero-order chi connectivity index (χ0) is 16.2. The lowest BCUT2D eigenvalue weighted by atomic mass is 10.0. The summed E-state index contributed by atoms with van der Waals surface area (Å²) in [6.07, 6.45) is 1.76. The minimum Gasteiger partial charge on any atom is -0.462 e. The lowest BCUT2D eigenvalue weighted by Crippen LogP contribution is -2.04. The number of hydrogen-bond donors (Lipinski definition) is 1. The van der Waals surface area contributed by atoms with Crippen LogP contribution in [0.1, 0.15) is 5.56 Å². The number of rotatable bonds is 5. The molecule has 0 saturated heterocycles. The molecule has 0 fully saturated rings. The SMILES string of the molecule is C=CC(=O)OCCc1cccc(-c2cccc3nn(O)nc23)c1. The summed E-state index contributed by atoms with van der Waals surface area (Å²) < 4.78 is 5.00. The van der Waals surface area contributed by atoms with Crippen LogP contribution >= 0.6 is 0 Å². The highest BCUT2D eigenvalue weighted by atomic mass is 16.5. The maximum absolute atomic E-state index is 11.1. The lowest BCUT2D eigenvalue weighted by Gasteiger charge is -2.06. The van der Waals surface area contributed by atoms with E-state index in [4.69, 9.17) is 4.74 Å². The molecule has 2 aromatic carbocycles. The molecule has 1 aromatic heterocycles. The Morgan fingerprint density at radius 1 is 1.26 bits per heavy atom. The van der Waals surface area contributed by atoms with Gasteiger partial charge in [0.15, 0.2) is 0 Å². The summed E-state index contributed by atoms with van der Waals surface area (Å²) in [5, 5.41) is 17.3. The van der Waals surface area contributed by atoms with Crippen LogP contribution in [-0.4, -0.2) is 32.9 Å². The largest absolute Gasteiger partial charge is 0.462 e. The first kappa shape index (κ1) is 14.8. The van der Waals surface area contributed by atoms with Crippen LogP contribution in [-0.2, 0) is 16.0 Å². The van der Waals surface area contributed by atoms with Gasteiger partial charge in [-0.25, -0.2) is 4.79 Å². The number of fused-ring (bicyclic) bond motifs is 1. The molecule has 6 heteroatoms. The Bertz CT molecular complexity index is 870. The topological polar surface area (TPSA) is 77.2 Å². The van der Waals surface area contributed by atoms with Crippen LogP contribution in [0.15, 0.2) is 55.1 Å². The normalized spacial score (nSPS) is 10.6. The van der Waals surface area contributed by atoms with E-state index in [0.29, 0.717) is 29.0 Å². The molecule has 23 heavy (non-hydrogen) atoms. The average molecular weight is 309 g/mol. The first-order valence-electron chi connectivity index (χ1n) is 7.11. The van der Waals surface area contributed by atoms with E-state index >= 15 is 0 Å². The Kier molecular flexibility index (Phi) is 4.05. The molecule has 3 rings (SSSR count). The Morgan fingerprint density at radius 2 is 2.09 bits per heavy atom. The van der Waals surface area contributed by atoms with Crippen molar-refractivity contribution in [1.82, 2.24) is 15.2 Å². The van der Waals surface area contributed by atoms with Crippen molar-refractivity contribution in [3.8, 4) is 11.1 Å². The third-order valence-electron chi connectivity index (χ3n) is 3.44. The van der Waals surface area contributed by atoms with E-state index in [2.05, 4.69) is 16.8 Å². The molecule has 0 spiro atoms. The van der Waals surface area contributed by atoms with E-state index in [9.17, 15) is 10.0 Å². The van der Waals surface area contributed by atoms with Gasteiger partial charge in [0.05, 0.1) is 6.61 Å². The fourth-order valence-electron chi connectivity index (χ4n) is 2.38. The summed E-state index contributed by atoms with van der Waals surface area (Å²) >= 11 is 0. The monoisotopic (exact) mass is 309 g/mol. The van der Waals surface area contributed by atoms with Gasteiger partial charge in [-0.05, 0) is 22.2 Å². The molecule has 3 aromatic rings. The Labute approximate surface area is 132 Å². The van der Waals surface area contributed by atoms with Crippen LogP contribution in [0.3, 0.4) is 0 Å². The van der Waals surface area contributed by atoms with Gasteiger partial charge in [0.2, 0.25) is 0 Å². The number of aromatic nitrogens is 3. The number of hydrogen-bond acceptors (Lipinski definition) is 5. The van der Waals surface area contributed by atoms with E-state index in [1.54, 1.807) is 6.07 Å². The number of carbonyl (C=O) groups excluding carboxylic acids is 1. The van der Waals surface area contributed by atoms with Gasteiger partial charge < -0.3 is 9.94 Å². The molecule has 116 valence electrons. The van der Waals surface area contributed by atoms with Crippen LogP contribution in [0.5, 0.6) is 0 Å². The summed E-state index contributed by atoms with van der Waals surface area (Å²) in [4.78, 5) is 11.6. The van der Waals surface area contributed by atoms with Gasteiger partial charge in [-0.2, -0.15) is 0 Å². The van der Waals surface area contributed by atoms with Gasteiger partial charge in [-0.3, -0.25) is 0 Å². The summed E-state index contributed by atoms with van der Waals surface area (Å²) in [6, 6.07) is 13.4. The number of nitrogens with zero attached hydrogens (tertiary/aromatic N) is 3. The van der Waals surface area contributed by atoms with E-state index in [1.165, 1.54) is 0 Å². The van der Waals surface area contributed by atoms with Crippen molar-refractivity contribution < 1.29 is 14.7 Å². The van der Waals surface area contributed by atoms with Crippen molar-refractivity contribution >= 4 is 17.0 Å². The number of esters is 1. The third-order valence-corrected chi connectivity index (χ3v) is 3.44. The van der Waals surface area contributed by atoms with Crippen molar-refractivity contribution in [1.29, 1.82) is 0 Å².